The van der Waals surface area contributed by atoms with Crippen LogP contribution in [0, 0.1) is 0 Å². The monoisotopic (exact) mass is 1460 g/mol. The summed E-state index contributed by atoms with van der Waals surface area (Å²) in [5.41, 5.74) is 0. The minimum Gasteiger partial charge on any atom is -2.00 e. The van der Waals surface area contributed by atoms with Gasteiger partial charge in [-0.15, -0.1) is 0 Å². The maximum atomic E-state index is 5.68. The number of hydrogen-bond donors (Lipinski definition) is 1. The summed E-state index contributed by atoms with van der Waals surface area (Å²) in [4.78, 5) is 0. The predicted molar refractivity (Wildman–Crippen MR) is 179 cm³/mol. The van der Waals surface area contributed by atoms with Crippen molar-refractivity contribution in [1.82, 2.24) is 6.15 Å². The Morgan fingerprint density at radius 2 is 0.492 bits per heavy atom. The van der Waals surface area contributed by atoms with Crippen LogP contribution in [0.15, 0.2) is 24.3 Å². The van der Waals surface area contributed by atoms with Crippen LogP contribution >= 0.6 is 0 Å². The van der Waals surface area contributed by atoms with Crippen LogP contribution in [0.2, 0.25) is 0 Å². The van der Waals surface area contributed by atoms with Crippen molar-refractivity contribution < 1.29 is 263 Å². The third kappa shape index (κ3) is 99.9. The van der Waals surface area contributed by atoms with Crippen LogP contribution in [0.3, 0.4) is 0 Å². The first-order valence-corrected chi connectivity index (χ1v) is 15.7. The quantitative estimate of drug-likeness (QED) is 0.229. The number of quaternary nitrogens is 2. The number of fused-ring (bicyclic) bond motifs is 1. The number of hydrogen-bond acceptors (Lipinski definition) is 6. The fourth-order valence-electron chi connectivity index (χ4n) is 4.52. The van der Waals surface area contributed by atoms with Gasteiger partial charge in [0.1, 0.15) is 13.2 Å². The van der Waals surface area contributed by atoms with E-state index >= 15 is 0 Å². The topological polar surface area (TPSA) is 633 Å². The Kier molecular flexibility index (Phi) is 352. The number of ether oxygens (including phenoxy) is 6. The van der Waals surface area contributed by atoms with Gasteiger partial charge < -0.3 is 143 Å². The maximum absolute atomic E-state index is 5.68. The van der Waals surface area contributed by atoms with Gasteiger partial charge in [-0.25, -0.2) is 0 Å². The second-order valence-corrected chi connectivity index (χ2v) is 10.2. The SMILES string of the molecule is CCCC[N+](CCCC)(CCCC)CCCC.[Mo].[Mo].[Mo].[Mo].[Mo].[Mo].[NH4+].[O-2].[O-2].[O-2].[O-2].[O-2].[O-2].[O-2].[O-2].[O-2].[O-2].[O-2].[O-2].[O-2].[O-2].[O-2].[O-2].[O-2].[O-2].[O-2].c1ccc2c(c1)OCCOCCOCCOCCOCCO2. The second kappa shape index (κ2) is 132. The van der Waals surface area contributed by atoms with E-state index in [0.717, 1.165) is 0 Å². The van der Waals surface area contributed by atoms with E-state index in [9.17, 15) is 0 Å². The second-order valence-electron chi connectivity index (χ2n) is 10.2. The van der Waals surface area contributed by atoms with Crippen LogP contribution in [0.5, 0.6) is 11.5 Å². The Morgan fingerprint density at radius 1 is 0.323 bits per heavy atom. The Labute approximate surface area is 472 Å². The zero-order valence-corrected chi connectivity index (χ0v) is 49.0. The molecule has 0 unspecified atom stereocenters. The van der Waals surface area contributed by atoms with Gasteiger partial charge in [0.2, 0.25) is 0 Å². The van der Waals surface area contributed by atoms with E-state index in [1.54, 1.807) is 0 Å². The van der Waals surface area contributed by atoms with Crippen molar-refractivity contribution in [2.24, 2.45) is 0 Å². The van der Waals surface area contributed by atoms with Crippen LogP contribution in [0.1, 0.15) is 79.1 Å². The molecule has 1 aliphatic rings. The van der Waals surface area contributed by atoms with Gasteiger partial charge in [-0.3, -0.25) is 0 Å². The summed E-state index contributed by atoms with van der Waals surface area (Å²) in [7, 11) is 0. The van der Waals surface area contributed by atoms with Crippen molar-refractivity contribution in [3.8, 4) is 11.5 Å². The number of rotatable bonds is 12. The average Bonchev–Trinajstić information content (AvgIpc) is 2.96. The number of unbranched alkanes of at least 4 members (excludes halogenated alkanes) is 4. The molecule has 0 aromatic heterocycles. The maximum Gasteiger partial charge on any atom is 0.161 e. The van der Waals surface area contributed by atoms with E-state index in [1.165, 1.54) is 82.0 Å². The molecule has 0 atom stereocenters. The molecule has 65 heavy (non-hydrogen) atoms. The molecule has 0 saturated heterocycles. The molecule has 1 aliphatic heterocycles. The van der Waals surface area contributed by atoms with Crippen LogP contribution in [0.4, 0.5) is 0 Å². The molecule has 0 saturated carbocycles. The molecule has 2 rings (SSSR count). The first-order chi connectivity index (χ1) is 19.2. The predicted octanol–water partition coefficient (Wildman–Crippen LogP) is 4.63. The van der Waals surface area contributed by atoms with Gasteiger partial charge in [-0.1, -0.05) is 65.5 Å². The number of para-hydroxylation sites is 2. The van der Waals surface area contributed by atoms with E-state index in [2.05, 4.69) is 27.7 Å². The van der Waals surface area contributed by atoms with Crippen molar-refractivity contribution in [2.45, 2.75) is 79.1 Å². The van der Waals surface area contributed by atoms with Gasteiger partial charge in [0.05, 0.1) is 79.0 Å². The summed E-state index contributed by atoms with van der Waals surface area (Å²) in [5.74, 6) is 1.43. The van der Waals surface area contributed by atoms with Gasteiger partial charge in [0.15, 0.2) is 11.5 Å². The van der Waals surface area contributed by atoms with E-state index in [1.807, 2.05) is 24.3 Å². The molecule has 33 heteroatoms. The minimum atomic E-state index is 0. The summed E-state index contributed by atoms with van der Waals surface area (Å²) in [6.45, 7) is 20.3. The van der Waals surface area contributed by atoms with E-state index in [0.29, 0.717) is 77.6 Å². The Bertz CT molecular complexity index is 652. The number of nitrogens with zero attached hydrogens (tertiary/aromatic N) is 1. The fourth-order valence-corrected chi connectivity index (χ4v) is 4.52. The molecule has 1 aromatic carbocycles. The summed E-state index contributed by atoms with van der Waals surface area (Å²) < 4.78 is 34.4. The zero-order valence-electron chi connectivity index (χ0n) is 37.0. The van der Waals surface area contributed by atoms with Crippen LogP contribution in [-0.4, -0.2) is 96.7 Å². The molecule has 0 aliphatic carbocycles. The van der Waals surface area contributed by atoms with Crippen LogP contribution in [-0.2, 0) is 249 Å². The Hall–Kier alpha value is 1.95. The van der Waals surface area contributed by atoms with E-state index < -0.39 is 0 Å². The molecular formula is C32H64Mo6N2O25-36. The van der Waals surface area contributed by atoms with Crippen LogP contribution in [0.25, 0.3) is 0 Å². The van der Waals surface area contributed by atoms with Gasteiger partial charge in [0.25, 0.3) is 0 Å². The molecule has 4 N–H and O–H groups in total. The standard InChI is InChI=1S/C16H36N.C16H24O6.6Mo.H3N.19O/c1-5-9-13-17(14-10-6-2,15-11-7-3)16-12-8-4;1-2-4-16-15(3-1)21-13-11-19-9-7-17-5-6-18-8-10-20-12-14-22-16;;;;;;;;;;;;;;;;;;;;;;;;;;/h5-16H2,1-4H3;1-4H,5-14H2;;;;;;;1H3;;;;;;;;;;;;;;;;;;;/q+1;;;;;;;;;19*-2/p+1. The van der Waals surface area contributed by atoms with Crippen molar-refractivity contribution in [1.29, 1.82) is 0 Å². The van der Waals surface area contributed by atoms with Crippen LogP contribution < -0.4 is 15.6 Å². The Morgan fingerprint density at radius 3 is 0.662 bits per heavy atom. The van der Waals surface area contributed by atoms with Gasteiger partial charge in [0, 0.05) is 126 Å². The van der Waals surface area contributed by atoms with Crippen molar-refractivity contribution in [3.63, 3.8) is 0 Å². The molecular weight excluding hydrogens is 1390 g/mol. The molecule has 0 bridgehead atoms. The molecule has 1 heterocycles. The normalized spacial score (nSPS) is 9.85. The minimum absolute atomic E-state index is 0. The molecule has 0 amide bonds. The third-order valence-electron chi connectivity index (χ3n) is 6.88. The molecule has 0 fully saturated rings. The van der Waals surface area contributed by atoms with Crippen molar-refractivity contribution in [3.05, 3.63) is 24.3 Å². The largest absolute Gasteiger partial charge is 2.00 e. The third-order valence-corrected chi connectivity index (χ3v) is 6.88. The summed E-state index contributed by atoms with van der Waals surface area (Å²) in [6.07, 6.45) is 11.1. The number of benzene rings is 1. The van der Waals surface area contributed by atoms with Gasteiger partial charge >= 0.3 is 0 Å². The summed E-state index contributed by atoms with van der Waals surface area (Å²) in [5, 5.41) is 0. The van der Waals surface area contributed by atoms with Gasteiger partial charge in [-0.2, -0.15) is 0 Å². The molecule has 1 aromatic rings. The zero-order chi connectivity index (χ0) is 28.3. The van der Waals surface area contributed by atoms with Crippen molar-refractivity contribution >= 4 is 0 Å². The molecule has 0 spiro atoms. The van der Waals surface area contributed by atoms with E-state index in [-0.39, 0.29) is 237 Å². The molecule has 424 valence electrons. The van der Waals surface area contributed by atoms with E-state index in [4.69, 9.17) is 28.4 Å². The first-order valence-electron chi connectivity index (χ1n) is 15.7. The smallest absolute Gasteiger partial charge is 0.161 e. The first kappa shape index (κ1) is 174. The summed E-state index contributed by atoms with van der Waals surface area (Å²) in [6, 6.07) is 7.59. The average molecular weight is 1450 g/mol. The molecule has 0 radical (unpaired) electrons. The Balaban J connectivity index is -0.0000000141. The molecule has 27 nitrogen and oxygen atoms in total. The van der Waals surface area contributed by atoms with Gasteiger partial charge in [-0.05, 0) is 37.8 Å². The summed E-state index contributed by atoms with van der Waals surface area (Å²) >= 11 is 0. The van der Waals surface area contributed by atoms with Crippen molar-refractivity contribution in [2.75, 3.05) is 92.2 Å². The fraction of sp³-hybridized carbons (Fsp3) is 0.812.